The molecule has 0 aliphatic carbocycles. The van der Waals surface area contributed by atoms with Gasteiger partial charge < -0.3 is 0 Å². The smallest absolute Gasteiger partial charge is 0.226 e. The molecule has 1 heterocycles. The van der Waals surface area contributed by atoms with E-state index in [0.29, 0.717) is 10.2 Å². The van der Waals surface area contributed by atoms with Crippen molar-refractivity contribution in [2.75, 3.05) is 5.43 Å². The van der Waals surface area contributed by atoms with Crippen LogP contribution in [0.4, 0.5) is 5.13 Å². The van der Waals surface area contributed by atoms with Gasteiger partial charge in [0.15, 0.2) is 0 Å². The summed E-state index contributed by atoms with van der Waals surface area (Å²) >= 11 is 7.30. The first-order valence-corrected chi connectivity index (χ1v) is 7.44. The minimum Gasteiger partial charge on any atom is -0.251 e. The van der Waals surface area contributed by atoms with Crippen LogP contribution in [-0.4, -0.2) is 16.4 Å². The van der Waals surface area contributed by atoms with Gasteiger partial charge in [0.2, 0.25) is 5.13 Å². The molecule has 6 heteroatoms. The van der Waals surface area contributed by atoms with Crippen LogP contribution in [0.5, 0.6) is 0 Å². The second kappa shape index (κ2) is 6.47. The van der Waals surface area contributed by atoms with Gasteiger partial charge in [-0.15, -0.1) is 10.2 Å². The van der Waals surface area contributed by atoms with Crippen LogP contribution in [0.25, 0.3) is 10.6 Å². The Morgan fingerprint density at radius 2 is 1.76 bits per heavy atom. The summed E-state index contributed by atoms with van der Waals surface area (Å²) in [4.78, 5) is 0. The fourth-order valence-electron chi connectivity index (χ4n) is 1.68. The lowest BCUT2D eigenvalue weighted by Crippen LogP contribution is -1.89. The van der Waals surface area contributed by atoms with Crippen LogP contribution in [0.15, 0.2) is 59.7 Å². The summed E-state index contributed by atoms with van der Waals surface area (Å²) in [6.07, 6.45) is 1.74. The molecule has 0 fully saturated rings. The van der Waals surface area contributed by atoms with Crippen molar-refractivity contribution in [2.24, 2.45) is 5.10 Å². The summed E-state index contributed by atoms with van der Waals surface area (Å²) in [6.45, 7) is 0. The fourth-order valence-corrected chi connectivity index (χ4v) is 2.50. The molecule has 3 aromatic rings. The number of rotatable bonds is 4. The normalized spacial score (nSPS) is 10.9. The molecule has 0 saturated carbocycles. The zero-order valence-electron chi connectivity index (χ0n) is 10.9. The summed E-state index contributed by atoms with van der Waals surface area (Å²) in [5.41, 5.74) is 4.89. The molecule has 0 spiro atoms. The van der Waals surface area contributed by atoms with E-state index in [0.717, 1.165) is 16.1 Å². The Kier molecular flexibility index (Phi) is 4.23. The van der Waals surface area contributed by atoms with Crippen LogP contribution < -0.4 is 5.43 Å². The lowest BCUT2D eigenvalue weighted by molar-refractivity contribution is 1.08. The van der Waals surface area contributed by atoms with E-state index in [9.17, 15) is 0 Å². The van der Waals surface area contributed by atoms with E-state index in [-0.39, 0.29) is 0 Å². The third-order valence-corrected chi connectivity index (χ3v) is 3.82. The maximum absolute atomic E-state index is 5.87. The second-order valence-electron chi connectivity index (χ2n) is 4.20. The highest BCUT2D eigenvalue weighted by Gasteiger charge is 2.05. The Bertz CT molecular complexity index is 738. The number of hydrogen-bond donors (Lipinski definition) is 1. The summed E-state index contributed by atoms with van der Waals surface area (Å²) in [7, 11) is 0. The van der Waals surface area contributed by atoms with Gasteiger partial charge in [0.1, 0.15) is 5.01 Å². The first-order valence-electron chi connectivity index (χ1n) is 6.25. The van der Waals surface area contributed by atoms with Crippen molar-refractivity contribution >= 4 is 34.3 Å². The zero-order chi connectivity index (χ0) is 14.5. The average molecular weight is 315 g/mol. The van der Waals surface area contributed by atoms with E-state index in [1.807, 2.05) is 54.6 Å². The molecule has 0 atom stereocenters. The number of halogens is 1. The molecule has 0 aliphatic rings. The highest BCUT2D eigenvalue weighted by Crippen LogP contribution is 2.27. The van der Waals surface area contributed by atoms with Crippen LogP contribution >= 0.6 is 22.9 Å². The highest BCUT2D eigenvalue weighted by atomic mass is 35.5. The molecule has 1 aromatic heterocycles. The Morgan fingerprint density at radius 3 is 2.52 bits per heavy atom. The molecule has 0 unspecified atom stereocenters. The first-order chi connectivity index (χ1) is 10.3. The summed E-state index contributed by atoms with van der Waals surface area (Å²) in [5.74, 6) is 0. The van der Waals surface area contributed by atoms with Gasteiger partial charge in [-0.3, -0.25) is 5.43 Å². The lowest BCUT2D eigenvalue weighted by atomic mass is 10.2. The van der Waals surface area contributed by atoms with Crippen molar-refractivity contribution in [1.82, 2.24) is 10.2 Å². The number of hydrazone groups is 1. The molecule has 104 valence electrons. The van der Waals surface area contributed by atoms with Crippen molar-refractivity contribution in [2.45, 2.75) is 0 Å². The van der Waals surface area contributed by atoms with E-state index < -0.39 is 0 Å². The van der Waals surface area contributed by atoms with Gasteiger partial charge in [-0.25, -0.2) is 0 Å². The maximum atomic E-state index is 5.87. The molecule has 0 bridgehead atoms. The van der Waals surface area contributed by atoms with Crippen molar-refractivity contribution in [3.05, 3.63) is 65.2 Å². The van der Waals surface area contributed by atoms with E-state index in [2.05, 4.69) is 20.7 Å². The second-order valence-corrected chi connectivity index (χ2v) is 5.61. The van der Waals surface area contributed by atoms with Gasteiger partial charge in [0, 0.05) is 10.6 Å². The summed E-state index contributed by atoms with van der Waals surface area (Å²) in [5, 5.41) is 14.5. The quantitative estimate of drug-likeness (QED) is 0.577. The Hall–Kier alpha value is -2.24. The van der Waals surface area contributed by atoms with E-state index in [1.165, 1.54) is 11.3 Å². The lowest BCUT2D eigenvalue weighted by Gasteiger charge is -1.94. The minimum absolute atomic E-state index is 0.645. The van der Waals surface area contributed by atoms with Gasteiger partial charge in [-0.2, -0.15) is 5.10 Å². The molecule has 0 saturated heterocycles. The molecule has 2 aromatic carbocycles. The molecule has 1 N–H and O–H groups in total. The van der Waals surface area contributed by atoms with Crippen molar-refractivity contribution in [3.63, 3.8) is 0 Å². The van der Waals surface area contributed by atoms with Crippen LogP contribution in [0, 0.1) is 0 Å². The molecular weight excluding hydrogens is 304 g/mol. The Balaban J connectivity index is 1.68. The third kappa shape index (κ3) is 3.65. The van der Waals surface area contributed by atoms with E-state index >= 15 is 0 Å². The SMILES string of the molecule is Clc1ccc(-c2nnc(N/N=C/c3ccccc3)s2)cc1. The number of anilines is 1. The molecule has 0 radical (unpaired) electrons. The minimum atomic E-state index is 0.645. The maximum Gasteiger partial charge on any atom is 0.226 e. The predicted octanol–water partition coefficient (Wildman–Crippen LogP) is 4.30. The molecule has 3 rings (SSSR count). The molecule has 21 heavy (non-hydrogen) atoms. The van der Waals surface area contributed by atoms with Gasteiger partial charge in [0.05, 0.1) is 6.21 Å². The molecule has 0 aliphatic heterocycles. The predicted molar refractivity (Wildman–Crippen MR) is 88.0 cm³/mol. The number of hydrogen-bond acceptors (Lipinski definition) is 5. The van der Waals surface area contributed by atoms with Crippen molar-refractivity contribution in [3.8, 4) is 10.6 Å². The van der Waals surface area contributed by atoms with Crippen LogP contribution in [0.1, 0.15) is 5.56 Å². The first kappa shape index (κ1) is 13.7. The third-order valence-electron chi connectivity index (χ3n) is 2.69. The van der Waals surface area contributed by atoms with E-state index in [1.54, 1.807) is 6.21 Å². The number of benzene rings is 2. The molecule has 4 nitrogen and oxygen atoms in total. The Morgan fingerprint density at radius 1 is 1.00 bits per heavy atom. The van der Waals surface area contributed by atoms with Gasteiger partial charge >= 0.3 is 0 Å². The number of nitrogens with one attached hydrogen (secondary N) is 1. The highest BCUT2D eigenvalue weighted by molar-refractivity contribution is 7.18. The molecule has 0 amide bonds. The van der Waals surface area contributed by atoms with Crippen molar-refractivity contribution < 1.29 is 0 Å². The Labute approximate surface area is 131 Å². The number of nitrogens with zero attached hydrogens (tertiary/aromatic N) is 3. The largest absolute Gasteiger partial charge is 0.251 e. The average Bonchev–Trinajstić information content (AvgIpc) is 2.98. The van der Waals surface area contributed by atoms with Crippen LogP contribution in [0.2, 0.25) is 5.02 Å². The molecular formula is C15H11ClN4S. The summed E-state index contributed by atoms with van der Waals surface area (Å²) in [6, 6.07) is 17.3. The van der Waals surface area contributed by atoms with Gasteiger partial charge in [-0.1, -0.05) is 65.4 Å². The van der Waals surface area contributed by atoms with E-state index in [4.69, 9.17) is 11.6 Å². The standard InChI is InChI=1S/C15H11ClN4S/c16-13-8-6-12(7-9-13)14-18-20-15(21-14)19-17-10-11-4-2-1-3-5-11/h1-10H,(H,19,20)/b17-10+. The monoisotopic (exact) mass is 314 g/mol. The summed E-state index contributed by atoms with van der Waals surface area (Å²) < 4.78 is 0. The number of aromatic nitrogens is 2. The van der Waals surface area contributed by atoms with Crippen LogP contribution in [-0.2, 0) is 0 Å². The zero-order valence-corrected chi connectivity index (χ0v) is 12.5. The van der Waals surface area contributed by atoms with Crippen LogP contribution in [0.3, 0.4) is 0 Å². The van der Waals surface area contributed by atoms with Gasteiger partial charge in [-0.05, 0) is 17.7 Å². The van der Waals surface area contributed by atoms with Gasteiger partial charge in [0.25, 0.3) is 0 Å². The van der Waals surface area contributed by atoms with Crippen molar-refractivity contribution in [1.29, 1.82) is 0 Å². The fraction of sp³-hybridized carbons (Fsp3) is 0. The topological polar surface area (TPSA) is 50.2 Å².